The zero-order valence-corrected chi connectivity index (χ0v) is 23.8. The highest BCUT2D eigenvalue weighted by atomic mass is 35.5. The number of para-hydroxylation sites is 2. The molecule has 0 bridgehead atoms. The van der Waals surface area contributed by atoms with E-state index in [-0.39, 0.29) is 22.0 Å². The molecule has 0 spiro atoms. The molecule has 0 aliphatic heterocycles. The van der Waals surface area contributed by atoms with E-state index in [4.69, 9.17) is 27.9 Å². The molecule has 4 rings (SSSR count). The van der Waals surface area contributed by atoms with E-state index in [0.717, 1.165) is 18.2 Å². The Morgan fingerprint density at radius 2 is 1.66 bits per heavy atom. The monoisotopic (exact) mass is 621 g/mol. The van der Waals surface area contributed by atoms with Gasteiger partial charge in [-0.2, -0.15) is 0 Å². The van der Waals surface area contributed by atoms with E-state index in [1.807, 2.05) is 0 Å². The first kappa shape index (κ1) is 29.6. The molecule has 2 amide bonds. The van der Waals surface area contributed by atoms with Crippen LogP contribution in [0.3, 0.4) is 0 Å². The van der Waals surface area contributed by atoms with Gasteiger partial charge in [0.25, 0.3) is 27.4 Å². The van der Waals surface area contributed by atoms with Gasteiger partial charge in [0.15, 0.2) is 18.2 Å². The third-order valence-electron chi connectivity index (χ3n) is 5.85. The topological polar surface area (TPSA) is 141 Å². The van der Waals surface area contributed by atoms with Crippen LogP contribution in [0.1, 0.15) is 16.1 Å². The summed E-state index contributed by atoms with van der Waals surface area (Å²) in [5.74, 6) is -2.61. The number of hydrogen-bond donors (Lipinski definition) is 3. The van der Waals surface area contributed by atoms with Crippen molar-refractivity contribution in [3.05, 3.63) is 104 Å². The molecule has 15 heteroatoms. The number of sulfonamides is 1. The first-order chi connectivity index (χ1) is 19.4. The van der Waals surface area contributed by atoms with Crippen LogP contribution < -0.4 is 25.9 Å². The summed E-state index contributed by atoms with van der Waals surface area (Å²) < 4.78 is 50.4. The summed E-state index contributed by atoms with van der Waals surface area (Å²) in [6.45, 7) is 0.929. The lowest BCUT2D eigenvalue weighted by Crippen LogP contribution is -2.43. The predicted molar refractivity (Wildman–Crippen MR) is 151 cm³/mol. The Bertz CT molecular complexity index is 1810. The molecule has 0 aliphatic carbocycles. The predicted octanol–water partition coefficient (Wildman–Crippen LogP) is 3.57. The van der Waals surface area contributed by atoms with Crippen molar-refractivity contribution in [1.29, 1.82) is 0 Å². The van der Waals surface area contributed by atoms with Crippen LogP contribution in [-0.4, -0.2) is 36.2 Å². The quantitative estimate of drug-likeness (QED) is 0.257. The van der Waals surface area contributed by atoms with Gasteiger partial charge in [0.1, 0.15) is 10.6 Å². The van der Waals surface area contributed by atoms with Crippen LogP contribution in [0, 0.1) is 12.7 Å². The summed E-state index contributed by atoms with van der Waals surface area (Å²) in [4.78, 5) is 37.3. The first-order valence-corrected chi connectivity index (χ1v) is 14.0. The van der Waals surface area contributed by atoms with Crippen LogP contribution in [0.5, 0.6) is 5.75 Å². The largest absolute Gasteiger partial charge is 0.481 e. The van der Waals surface area contributed by atoms with Crippen LogP contribution in [0.4, 0.5) is 10.1 Å². The van der Waals surface area contributed by atoms with Gasteiger partial charge >= 0.3 is 0 Å². The highest BCUT2D eigenvalue weighted by Crippen LogP contribution is 2.32. The number of nitrogens with one attached hydrogen (secondary N) is 3. The maximum absolute atomic E-state index is 13.6. The number of carbonyl (C=O) groups is 2. The minimum atomic E-state index is -4.54. The fraction of sp³-hybridized carbons (Fsp3) is 0.115. The van der Waals surface area contributed by atoms with E-state index in [2.05, 4.69) is 15.6 Å². The number of halogens is 3. The number of amides is 2. The van der Waals surface area contributed by atoms with Crippen molar-refractivity contribution in [3.63, 3.8) is 0 Å². The molecular weight excluding hydrogens is 600 g/mol. The maximum atomic E-state index is 13.6. The molecule has 0 fully saturated rings. The Morgan fingerprint density at radius 3 is 2.34 bits per heavy atom. The van der Waals surface area contributed by atoms with Crippen LogP contribution in [-0.2, 0) is 21.9 Å². The highest BCUT2D eigenvalue weighted by Gasteiger charge is 2.27. The molecule has 0 radical (unpaired) electrons. The Kier molecular flexibility index (Phi) is 8.71. The molecule has 41 heavy (non-hydrogen) atoms. The van der Waals surface area contributed by atoms with Crippen molar-refractivity contribution >= 4 is 50.7 Å². The summed E-state index contributed by atoms with van der Waals surface area (Å²) in [6, 6.07) is 16.1. The van der Waals surface area contributed by atoms with Gasteiger partial charge in [-0.15, -0.1) is 0 Å². The van der Waals surface area contributed by atoms with Crippen LogP contribution in [0.15, 0.2) is 76.4 Å². The SMILES string of the molecule is Cc1c(NS(=O)(=O)c2cc(C(=O)NNC(=O)COc3ccccc3F)cc(Cl)c2Cl)c(=O)n(-c2ccccc2)n1C. The fourth-order valence-corrected chi connectivity index (χ4v) is 5.64. The van der Waals surface area contributed by atoms with Crippen molar-refractivity contribution in [3.8, 4) is 11.4 Å². The van der Waals surface area contributed by atoms with Gasteiger partial charge in [-0.25, -0.2) is 17.5 Å². The summed E-state index contributed by atoms with van der Waals surface area (Å²) in [7, 11) is -2.95. The van der Waals surface area contributed by atoms with E-state index in [9.17, 15) is 27.2 Å². The summed E-state index contributed by atoms with van der Waals surface area (Å²) >= 11 is 12.3. The molecular formula is C26H22Cl2FN5O6S. The second kappa shape index (κ2) is 12.0. The molecule has 1 heterocycles. The lowest BCUT2D eigenvalue weighted by Gasteiger charge is -2.13. The smallest absolute Gasteiger partial charge is 0.296 e. The Labute approximate surface area is 243 Å². The number of rotatable bonds is 8. The highest BCUT2D eigenvalue weighted by molar-refractivity contribution is 7.92. The van der Waals surface area contributed by atoms with E-state index >= 15 is 0 Å². The van der Waals surface area contributed by atoms with Crippen molar-refractivity contribution in [2.45, 2.75) is 11.8 Å². The third kappa shape index (κ3) is 6.37. The van der Waals surface area contributed by atoms with Crippen molar-refractivity contribution < 1.29 is 27.1 Å². The summed E-state index contributed by atoms with van der Waals surface area (Å²) in [5, 5.41) is -0.671. The Morgan fingerprint density at radius 1 is 1.00 bits per heavy atom. The van der Waals surface area contributed by atoms with Gasteiger partial charge in [-0.05, 0) is 43.3 Å². The van der Waals surface area contributed by atoms with Gasteiger partial charge in [0.05, 0.1) is 21.4 Å². The first-order valence-electron chi connectivity index (χ1n) is 11.7. The number of aromatic nitrogens is 2. The molecule has 0 aliphatic rings. The van der Waals surface area contributed by atoms with Crippen LogP contribution >= 0.6 is 23.2 Å². The molecule has 0 saturated carbocycles. The van der Waals surface area contributed by atoms with Gasteiger partial charge in [0.2, 0.25) is 0 Å². The molecule has 214 valence electrons. The van der Waals surface area contributed by atoms with Gasteiger partial charge in [-0.1, -0.05) is 53.5 Å². The summed E-state index contributed by atoms with van der Waals surface area (Å²) in [6.07, 6.45) is 0. The maximum Gasteiger partial charge on any atom is 0.296 e. The standard InChI is InChI=1S/C26H22Cl2FN5O6S/c1-15-24(26(37)34(33(15)2)17-8-4-3-5-9-17)32-41(38,39)21-13-16(12-18(27)23(21)28)25(36)31-30-22(35)14-40-20-11-7-6-10-19(20)29/h3-13,32H,14H2,1-2H3,(H,30,35)(H,31,36). The molecule has 1 aromatic heterocycles. The van der Waals surface area contributed by atoms with Gasteiger partial charge in [-0.3, -0.25) is 34.6 Å². The lowest BCUT2D eigenvalue weighted by atomic mass is 10.2. The summed E-state index contributed by atoms with van der Waals surface area (Å²) in [5.41, 5.74) is 3.81. The molecule has 4 aromatic rings. The Balaban J connectivity index is 1.53. The molecule has 0 atom stereocenters. The number of hydrogen-bond acceptors (Lipinski definition) is 6. The second-order valence-corrected chi connectivity index (χ2v) is 11.0. The Hall–Kier alpha value is -4.33. The zero-order chi connectivity index (χ0) is 29.9. The third-order valence-corrected chi connectivity index (χ3v) is 8.14. The van der Waals surface area contributed by atoms with Crippen molar-refractivity contribution in [1.82, 2.24) is 20.2 Å². The molecule has 0 saturated heterocycles. The molecule has 11 nitrogen and oxygen atoms in total. The molecule has 0 unspecified atom stereocenters. The van der Waals surface area contributed by atoms with Gasteiger partial charge in [0, 0.05) is 12.6 Å². The normalized spacial score (nSPS) is 11.1. The van der Waals surface area contributed by atoms with Gasteiger partial charge < -0.3 is 4.74 Å². The molecule has 3 aromatic carbocycles. The minimum absolute atomic E-state index is 0.162. The number of anilines is 1. The average molecular weight is 622 g/mol. The minimum Gasteiger partial charge on any atom is -0.481 e. The average Bonchev–Trinajstić information content (AvgIpc) is 3.15. The van der Waals surface area contributed by atoms with Crippen LogP contribution in [0.2, 0.25) is 10.0 Å². The van der Waals surface area contributed by atoms with Crippen molar-refractivity contribution in [2.24, 2.45) is 7.05 Å². The number of ether oxygens (including phenoxy) is 1. The number of nitrogens with zero attached hydrogens (tertiary/aromatic N) is 2. The fourth-order valence-electron chi connectivity index (χ4n) is 3.71. The van der Waals surface area contributed by atoms with E-state index in [0.29, 0.717) is 11.4 Å². The number of hydrazine groups is 1. The molecule has 3 N–H and O–H groups in total. The van der Waals surface area contributed by atoms with E-state index in [1.165, 1.54) is 27.6 Å². The van der Waals surface area contributed by atoms with E-state index < -0.39 is 49.7 Å². The number of carbonyl (C=O) groups excluding carboxylic acids is 2. The number of benzene rings is 3. The van der Waals surface area contributed by atoms with Crippen molar-refractivity contribution in [2.75, 3.05) is 11.3 Å². The lowest BCUT2D eigenvalue weighted by molar-refractivity contribution is -0.123. The van der Waals surface area contributed by atoms with E-state index in [1.54, 1.807) is 44.3 Å². The van der Waals surface area contributed by atoms with Crippen LogP contribution in [0.25, 0.3) is 5.69 Å². The zero-order valence-electron chi connectivity index (χ0n) is 21.4. The second-order valence-electron chi connectivity index (χ2n) is 8.53.